The second-order valence-corrected chi connectivity index (χ2v) is 6.86. The lowest BCUT2D eigenvalue weighted by atomic mass is 10.0. The van der Waals surface area contributed by atoms with Crippen molar-refractivity contribution < 1.29 is 4.79 Å². The number of nitrogens with one attached hydrogen (secondary N) is 2. The first kappa shape index (κ1) is 15.8. The number of carbonyl (C=O) groups excluding carboxylic acids is 1. The molecule has 0 aromatic rings. The van der Waals surface area contributed by atoms with Crippen LogP contribution in [0, 0.1) is 11.8 Å². The van der Waals surface area contributed by atoms with E-state index in [1.807, 2.05) is 0 Å². The van der Waals surface area contributed by atoms with Gasteiger partial charge in [-0.2, -0.15) is 11.8 Å². The summed E-state index contributed by atoms with van der Waals surface area (Å²) in [5, 5.41) is 6.34. The zero-order valence-corrected chi connectivity index (χ0v) is 12.8. The van der Waals surface area contributed by atoms with Gasteiger partial charge in [0.15, 0.2) is 0 Å². The summed E-state index contributed by atoms with van der Waals surface area (Å²) in [6.45, 7) is 8.85. The molecular weight excluding hydrogens is 244 g/mol. The van der Waals surface area contributed by atoms with Gasteiger partial charge in [0, 0.05) is 6.04 Å². The number of rotatable bonds is 9. The molecule has 0 aromatic heterocycles. The van der Waals surface area contributed by atoms with Crippen LogP contribution in [0.4, 0.5) is 0 Å². The number of hydrogen-bond acceptors (Lipinski definition) is 3. The summed E-state index contributed by atoms with van der Waals surface area (Å²) in [5.74, 6) is 3.47. The van der Waals surface area contributed by atoms with Crippen LogP contribution >= 0.6 is 11.8 Å². The smallest absolute Gasteiger partial charge is 0.230 e. The van der Waals surface area contributed by atoms with Gasteiger partial charge in [-0.25, -0.2) is 0 Å². The summed E-state index contributed by atoms with van der Waals surface area (Å²) < 4.78 is 0. The number of thioether (sulfide) groups is 1. The molecule has 0 saturated carbocycles. The third-order valence-corrected chi connectivity index (χ3v) is 4.45. The number of amides is 1. The highest BCUT2D eigenvalue weighted by molar-refractivity contribution is 7.99. The van der Waals surface area contributed by atoms with Gasteiger partial charge in [0.25, 0.3) is 0 Å². The minimum absolute atomic E-state index is 0.198. The maximum Gasteiger partial charge on any atom is 0.230 e. The maximum absolute atomic E-state index is 11.7. The minimum Gasteiger partial charge on any atom is -0.353 e. The van der Waals surface area contributed by atoms with Crippen LogP contribution < -0.4 is 10.6 Å². The van der Waals surface area contributed by atoms with Crippen LogP contribution in [0.5, 0.6) is 0 Å². The molecule has 4 heteroatoms. The molecule has 1 rings (SSSR count). The minimum atomic E-state index is 0.198. The van der Waals surface area contributed by atoms with Gasteiger partial charge in [-0.05, 0) is 44.0 Å². The Morgan fingerprint density at radius 1 is 1.33 bits per heavy atom. The van der Waals surface area contributed by atoms with E-state index in [-0.39, 0.29) is 5.91 Å². The lowest BCUT2D eigenvalue weighted by Crippen LogP contribution is -2.43. The molecule has 1 amide bonds. The average molecular weight is 272 g/mol. The molecule has 18 heavy (non-hydrogen) atoms. The summed E-state index contributed by atoms with van der Waals surface area (Å²) in [6, 6.07) is 0.321. The molecule has 0 radical (unpaired) electrons. The Kier molecular flexibility index (Phi) is 7.75. The van der Waals surface area contributed by atoms with E-state index in [1.54, 1.807) is 11.8 Å². The van der Waals surface area contributed by atoms with E-state index < -0.39 is 0 Å². The van der Waals surface area contributed by atoms with E-state index in [1.165, 1.54) is 12.8 Å². The summed E-state index contributed by atoms with van der Waals surface area (Å²) in [6.07, 6.45) is 3.56. The molecule has 3 nitrogen and oxygen atoms in total. The lowest BCUT2D eigenvalue weighted by molar-refractivity contribution is -0.119. The van der Waals surface area contributed by atoms with Crippen LogP contribution in [0.1, 0.15) is 40.0 Å². The normalized spacial score (nSPS) is 17.6. The quantitative estimate of drug-likeness (QED) is 0.676. The Balaban J connectivity index is 1.96. The second kappa shape index (κ2) is 8.81. The molecule has 0 aliphatic carbocycles. The van der Waals surface area contributed by atoms with Crippen molar-refractivity contribution in [3.05, 3.63) is 0 Å². The van der Waals surface area contributed by atoms with Gasteiger partial charge in [-0.3, -0.25) is 4.79 Å². The molecule has 1 atom stereocenters. The Morgan fingerprint density at radius 3 is 2.61 bits per heavy atom. The van der Waals surface area contributed by atoms with E-state index in [0.717, 1.165) is 37.1 Å². The van der Waals surface area contributed by atoms with Crippen LogP contribution in [0.15, 0.2) is 0 Å². The topological polar surface area (TPSA) is 41.1 Å². The molecule has 1 aliphatic heterocycles. The fourth-order valence-electron chi connectivity index (χ4n) is 2.01. The van der Waals surface area contributed by atoms with E-state index in [9.17, 15) is 4.79 Å². The average Bonchev–Trinajstić information content (AvgIpc) is 2.21. The van der Waals surface area contributed by atoms with Crippen LogP contribution in [0.25, 0.3) is 0 Å². The zero-order valence-electron chi connectivity index (χ0n) is 12.0. The first-order valence-corrected chi connectivity index (χ1v) is 8.31. The van der Waals surface area contributed by atoms with E-state index in [4.69, 9.17) is 0 Å². The predicted octanol–water partition coefficient (Wildman–Crippen LogP) is 2.27. The Morgan fingerprint density at radius 2 is 2.06 bits per heavy atom. The molecule has 1 saturated heterocycles. The van der Waals surface area contributed by atoms with Crippen LogP contribution in [-0.4, -0.2) is 36.5 Å². The molecule has 0 aromatic carbocycles. The monoisotopic (exact) mass is 272 g/mol. The highest BCUT2D eigenvalue weighted by Gasteiger charge is 2.17. The van der Waals surface area contributed by atoms with Gasteiger partial charge in [-0.15, -0.1) is 0 Å². The summed E-state index contributed by atoms with van der Waals surface area (Å²) in [7, 11) is 0. The molecule has 2 N–H and O–H groups in total. The van der Waals surface area contributed by atoms with E-state index in [0.29, 0.717) is 11.8 Å². The summed E-state index contributed by atoms with van der Waals surface area (Å²) in [5.41, 5.74) is 0. The van der Waals surface area contributed by atoms with Gasteiger partial charge in [0.05, 0.1) is 5.75 Å². The summed E-state index contributed by atoms with van der Waals surface area (Å²) >= 11 is 1.76. The summed E-state index contributed by atoms with van der Waals surface area (Å²) in [4.78, 5) is 11.7. The number of hydrogen-bond donors (Lipinski definition) is 2. The molecular formula is C14H28N2OS. The first-order valence-electron chi connectivity index (χ1n) is 7.15. The lowest BCUT2D eigenvalue weighted by Gasteiger charge is -2.26. The first-order chi connectivity index (χ1) is 8.58. The van der Waals surface area contributed by atoms with Gasteiger partial charge in [-0.1, -0.05) is 26.7 Å². The predicted molar refractivity (Wildman–Crippen MR) is 80.0 cm³/mol. The van der Waals surface area contributed by atoms with Crippen LogP contribution in [0.3, 0.4) is 0 Å². The highest BCUT2D eigenvalue weighted by atomic mass is 32.2. The van der Waals surface area contributed by atoms with Crippen molar-refractivity contribution in [3.63, 3.8) is 0 Å². The fourth-order valence-corrected chi connectivity index (χ4v) is 2.96. The van der Waals surface area contributed by atoms with E-state index in [2.05, 4.69) is 31.4 Å². The zero-order chi connectivity index (χ0) is 13.4. The Bertz CT molecular complexity index is 242. The molecule has 1 aliphatic rings. The highest BCUT2D eigenvalue weighted by Crippen LogP contribution is 2.12. The third-order valence-electron chi connectivity index (χ3n) is 3.28. The van der Waals surface area contributed by atoms with Crippen molar-refractivity contribution in [2.24, 2.45) is 11.8 Å². The van der Waals surface area contributed by atoms with Crippen molar-refractivity contribution in [3.8, 4) is 0 Å². The number of carbonyl (C=O) groups is 1. The van der Waals surface area contributed by atoms with Crippen molar-refractivity contribution in [2.45, 2.75) is 46.1 Å². The Hall–Kier alpha value is -0.220. The second-order valence-electron chi connectivity index (χ2n) is 5.83. The largest absolute Gasteiger partial charge is 0.353 e. The molecule has 0 bridgehead atoms. The maximum atomic E-state index is 11.7. The van der Waals surface area contributed by atoms with Gasteiger partial charge < -0.3 is 10.6 Å². The molecule has 0 spiro atoms. The standard InChI is InChI=1S/C14H28N2OS/c1-11(2)5-4-6-12(3)16-14(17)10-18-9-13-7-15-8-13/h11-13,15H,4-10H2,1-3H3,(H,16,17). The molecule has 106 valence electrons. The van der Waals surface area contributed by atoms with Crippen molar-refractivity contribution >= 4 is 17.7 Å². The van der Waals surface area contributed by atoms with Gasteiger partial charge in [0.1, 0.15) is 0 Å². The third kappa shape index (κ3) is 7.27. The Labute approximate surface area is 116 Å². The van der Waals surface area contributed by atoms with Crippen LogP contribution in [0.2, 0.25) is 0 Å². The molecule has 1 unspecified atom stereocenters. The van der Waals surface area contributed by atoms with Crippen molar-refractivity contribution in [1.82, 2.24) is 10.6 Å². The van der Waals surface area contributed by atoms with Crippen molar-refractivity contribution in [1.29, 1.82) is 0 Å². The SMILES string of the molecule is CC(C)CCCC(C)NC(=O)CSCC1CNC1. The fraction of sp³-hybridized carbons (Fsp3) is 0.929. The molecule has 1 heterocycles. The van der Waals surface area contributed by atoms with Crippen LogP contribution in [-0.2, 0) is 4.79 Å². The van der Waals surface area contributed by atoms with Crippen molar-refractivity contribution in [2.75, 3.05) is 24.6 Å². The molecule has 1 fully saturated rings. The van der Waals surface area contributed by atoms with Gasteiger partial charge in [0.2, 0.25) is 5.91 Å². The van der Waals surface area contributed by atoms with Gasteiger partial charge >= 0.3 is 0 Å². The van der Waals surface area contributed by atoms with E-state index >= 15 is 0 Å².